The van der Waals surface area contributed by atoms with Gasteiger partial charge in [0.05, 0.1) is 13.2 Å². The van der Waals surface area contributed by atoms with E-state index in [1.807, 2.05) is 0 Å². The van der Waals surface area contributed by atoms with Crippen LogP contribution in [0.1, 0.15) is 19.3 Å². The van der Waals surface area contributed by atoms with Crippen LogP contribution in [0.5, 0.6) is 0 Å². The number of oxime groups is 1. The van der Waals surface area contributed by atoms with Crippen molar-refractivity contribution in [1.82, 2.24) is 5.32 Å². The molecule has 96 valence electrons. The zero-order valence-electron chi connectivity index (χ0n) is 9.95. The van der Waals surface area contributed by atoms with Crippen LogP contribution >= 0.6 is 0 Å². The Labute approximate surface area is 96.8 Å². The van der Waals surface area contributed by atoms with Gasteiger partial charge in [-0.15, -0.1) is 0 Å². The molecule has 0 heterocycles. The van der Waals surface area contributed by atoms with Crippen molar-refractivity contribution in [3.63, 3.8) is 0 Å². The van der Waals surface area contributed by atoms with Gasteiger partial charge in [0, 0.05) is 26.7 Å². The zero-order valence-corrected chi connectivity index (χ0v) is 9.95. The molecule has 16 heavy (non-hydrogen) atoms. The smallest absolute Gasteiger partial charge is 0.140 e. The van der Waals surface area contributed by atoms with E-state index in [1.165, 1.54) is 0 Å². The first-order valence-corrected chi connectivity index (χ1v) is 5.55. The van der Waals surface area contributed by atoms with E-state index in [-0.39, 0.29) is 5.84 Å². The molecule has 0 aromatic rings. The van der Waals surface area contributed by atoms with Gasteiger partial charge < -0.3 is 25.7 Å². The zero-order chi connectivity index (χ0) is 12.1. The number of methoxy groups -OCH3 is 1. The van der Waals surface area contributed by atoms with Crippen molar-refractivity contribution in [2.45, 2.75) is 19.3 Å². The molecule has 0 rings (SSSR count). The lowest BCUT2D eigenvalue weighted by atomic mass is 10.3. The maximum atomic E-state index is 8.29. The Kier molecular flexibility index (Phi) is 11.6. The van der Waals surface area contributed by atoms with Crippen LogP contribution in [0.25, 0.3) is 0 Å². The van der Waals surface area contributed by atoms with E-state index in [0.29, 0.717) is 19.6 Å². The van der Waals surface area contributed by atoms with E-state index in [1.54, 1.807) is 7.11 Å². The van der Waals surface area contributed by atoms with Gasteiger partial charge in [0.1, 0.15) is 5.84 Å². The first kappa shape index (κ1) is 15.2. The summed E-state index contributed by atoms with van der Waals surface area (Å²) in [6, 6.07) is 0. The second-order valence-electron chi connectivity index (χ2n) is 3.40. The summed E-state index contributed by atoms with van der Waals surface area (Å²) < 4.78 is 10.2. The van der Waals surface area contributed by atoms with Crippen molar-refractivity contribution in [2.24, 2.45) is 10.9 Å². The average molecular weight is 233 g/mol. The second kappa shape index (κ2) is 12.2. The molecule has 4 N–H and O–H groups in total. The number of nitrogens with one attached hydrogen (secondary N) is 1. The highest BCUT2D eigenvalue weighted by molar-refractivity contribution is 5.79. The lowest BCUT2D eigenvalue weighted by Crippen LogP contribution is -2.23. The van der Waals surface area contributed by atoms with Gasteiger partial charge in [-0.25, -0.2) is 0 Å². The molecule has 0 amide bonds. The van der Waals surface area contributed by atoms with E-state index < -0.39 is 0 Å². The molecule has 0 aromatic heterocycles. The molecule has 0 saturated heterocycles. The fourth-order valence-corrected chi connectivity index (χ4v) is 1.09. The van der Waals surface area contributed by atoms with E-state index in [4.69, 9.17) is 20.4 Å². The van der Waals surface area contributed by atoms with E-state index in [9.17, 15) is 0 Å². The maximum Gasteiger partial charge on any atom is 0.140 e. The summed E-state index contributed by atoms with van der Waals surface area (Å²) in [7, 11) is 1.66. The monoisotopic (exact) mass is 233 g/mol. The molecule has 6 nitrogen and oxygen atoms in total. The summed E-state index contributed by atoms with van der Waals surface area (Å²) in [6.45, 7) is 3.74. The molecule has 0 aliphatic heterocycles. The molecule has 0 aromatic carbocycles. The summed E-state index contributed by atoms with van der Waals surface area (Å²) in [5.41, 5.74) is 5.31. The Morgan fingerprint density at radius 1 is 1.25 bits per heavy atom. The van der Waals surface area contributed by atoms with Crippen LogP contribution in [-0.2, 0) is 9.47 Å². The first-order valence-electron chi connectivity index (χ1n) is 5.55. The van der Waals surface area contributed by atoms with E-state index >= 15 is 0 Å². The number of hydrogen-bond acceptors (Lipinski definition) is 5. The van der Waals surface area contributed by atoms with Gasteiger partial charge in [0.15, 0.2) is 0 Å². The first-order chi connectivity index (χ1) is 7.81. The van der Waals surface area contributed by atoms with E-state index in [0.717, 1.165) is 32.5 Å². The number of unbranched alkanes of at least 4 members (excludes halogenated alkanes) is 1. The molecular formula is C10H23N3O3. The highest BCUT2D eigenvalue weighted by atomic mass is 16.5. The van der Waals surface area contributed by atoms with Crippen molar-refractivity contribution in [3.8, 4) is 0 Å². The Morgan fingerprint density at radius 2 is 2.06 bits per heavy atom. The normalized spacial score (nSPS) is 11.9. The van der Waals surface area contributed by atoms with Crippen molar-refractivity contribution in [2.75, 3.05) is 40.0 Å². The number of ether oxygens (including phenoxy) is 2. The van der Waals surface area contributed by atoms with Gasteiger partial charge in [-0.3, -0.25) is 0 Å². The highest BCUT2D eigenvalue weighted by Gasteiger charge is 1.93. The molecule has 0 unspecified atom stereocenters. The van der Waals surface area contributed by atoms with Gasteiger partial charge in [-0.2, -0.15) is 0 Å². The molecule has 0 saturated carbocycles. The number of nitrogens with zero attached hydrogens (tertiary/aromatic N) is 1. The Hall–Kier alpha value is -0.850. The number of amidine groups is 1. The fraction of sp³-hybridized carbons (Fsp3) is 0.900. The van der Waals surface area contributed by atoms with Crippen LogP contribution in [-0.4, -0.2) is 51.1 Å². The van der Waals surface area contributed by atoms with Crippen LogP contribution in [0.2, 0.25) is 0 Å². The molecule has 6 heteroatoms. The molecule has 0 aliphatic carbocycles. The molecule has 0 bridgehead atoms. The number of rotatable bonds is 11. The molecule has 0 aliphatic rings. The standard InChI is InChI=1S/C10H23N3O3/c1-15-8-9-16-7-3-2-5-12-6-4-10(11)13-14/h12,14H,2-9H2,1H3,(H2,11,13). The molecule has 0 spiro atoms. The van der Waals surface area contributed by atoms with Gasteiger partial charge in [0.25, 0.3) is 0 Å². The SMILES string of the molecule is COCCOCCCCNCCC(N)=NO. The van der Waals surface area contributed by atoms with Gasteiger partial charge >= 0.3 is 0 Å². The van der Waals surface area contributed by atoms with Crippen molar-refractivity contribution in [1.29, 1.82) is 0 Å². The predicted octanol–water partition coefficient (Wildman–Crippen LogP) is 0.156. The lowest BCUT2D eigenvalue weighted by Gasteiger charge is -2.05. The minimum Gasteiger partial charge on any atom is -0.409 e. The van der Waals surface area contributed by atoms with Crippen molar-refractivity contribution < 1.29 is 14.7 Å². The summed E-state index contributed by atoms with van der Waals surface area (Å²) in [5, 5.41) is 14.4. The van der Waals surface area contributed by atoms with Crippen LogP contribution in [0.15, 0.2) is 5.16 Å². The number of hydrogen-bond donors (Lipinski definition) is 3. The highest BCUT2D eigenvalue weighted by Crippen LogP contribution is 1.89. The third-order valence-electron chi connectivity index (χ3n) is 2.01. The fourth-order valence-electron chi connectivity index (χ4n) is 1.09. The van der Waals surface area contributed by atoms with Gasteiger partial charge in [-0.05, 0) is 19.4 Å². The minimum atomic E-state index is 0.260. The largest absolute Gasteiger partial charge is 0.409 e. The Balaban J connectivity index is 2.99. The summed E-state index contributed by atoms with van der Waals surface area (Å²) in [5.74, 6) is 0.260. The predicted molar refractivity (Wildman–Crippen MR) is 62.8 cm³/mol. The van der Waals surface area contributed by atoms with Crippen LogP contribution in [0.4, 0.5) is 0 Å². The quantitative estimate of drug-likeness (QED) is 0.155. The Morgan fingerprint density at radius 3 is 2.75 bits per heavy atom. The van der Waals surface area contributed by atoms with E-state index in [2.05, 4.69) is 10.5 Å². The maximum absolute atomic E-state index is 8.29. The Bertz CT molecular complexity index is 177. The van der Waals surface area contributed by atoms with Crippen LogP contribution < -0.4 is 11.1 Å². The van der Waals surface area contributed by atoms with Crippen LogP contribution in [0, 0.1) is 0 Å². The third kappa shape index (κ3) is 11.2. The van der Waals surface area contributed by atoms with Crippen LogP contribution in [0.3, 0.4) is 0 Å². The third-order valence-corrected chi connectivity index (χ3v) is 2.01. The molecule has 0 fully saturated rings. The minimum absolute atomic E-state index is 0.260. The molecule has 0 atom stereocenters. The van der Waals surface area contributed by atoms with Crippen molar-refractivity contribution >= 4 is 5.84 Å². The summed E-state index contributed by atoms with van der Waals surface area (Å²) in [6.07, 6.45) is 2.66. The summed E-state index contributed by atoms with van der Waals surface area (Å²) >= 11 is 0. The number of nitrogens with two attached hydrogens (primary N) is 1. The second-order valence-corrected chi connectivity index (χ2v) is 3.40. The van der Waals surface area contributed by atoms with Gasteiger partial charge in [-0.1, -0.05) is 5.16 Å². The average Bonchev–Trinajstić information content (AvgIpc) is 2.31. The summed E-state index contributed by atoms with van der Waals surface area (Å²) in [4.78, 5) is 0. The van der Waals surface area contributed by atoms with Gasteiger partial charge in [0.2, 0.25) is 0 Å². The van der Waals surface area contributed by atoms with Crippen molar-refractivity contribution in [3.05, 3.63) is 0 Å². The topological polar surface area (TPSA) is 89.1 Å². The molecular weight excluding hydrogens is 210 g/mol. The molecule has 0 radical (unpaired) electrons. The lowest BCUT2D eigenvalue weighted by molar-refractivity contribution is 0.0688.